The van der Waals surface area contributed by atoms with Crippen LogP contribution in [-0.4, -0.2) is 60.4 Å². The fourth-order valence-corrected chi connectivity index (χ4v) is 3.84. The van der Waals surface area contributed by atoms with Crippen molar-refractivity contribution in [3.8, 4) is 0 Å². The van der Waals surface area contributed by atoms with E-state index in [0.717, 1.165) is 51.5 Å². The van der Waals surface area contributed by atoms with E-state index in [2.05, 4.69) is 72.5 Å². The summed E-state index contributed by atoms with van der Waals surface area (Å²) in [6.07, 6.45) is 2.77. The van der Waals surface area contributed by atoms with Crippen LogP contribution in [0.25, 0.3) is 0 Å². The van der Waals surface area contributed by atoms with Gasteiger partial charge in [-0.15, -0.1) is 24.0 Å². The van der Waals surface area contributed by atoms with Gasteiger partial charge in [0.1, 0.15) is 0 Å². The Bertz CT molecular complexity index is 652. The largest absolute Gasteiger partial charge is 0.356 e. The van der Waals surface area contributed by atoms with Gasteiger partial charge in [0.2, 0.25) is 5.91 Å². The highest BCUT2D eigenvalue weighted by atomic mass is 127. The minimum absolute atomic E-state index is 0. The first-order valence-electron chi connectivity index (χ1n) is 11.0. The number of nitrogens with one attached hydrogen (secondary N) is 2. The van der Waals surface area contributed by atoms with Gasteiger partial charge in [-0.3, -0.25) is 14.7 Å². The third-order valence-corrected chi connectivity index (χ3v) is 5.46. The number of rotatable bonds is 10. The van der Waals surface area contributed by atoms with Crippen LogP contribution in [0.5, 0.6) is 0 Å². The number of nitrogens with zero attached hydrogens (tertiary/aromatic N) is 3. The summed E-state index contributed by atoms with van der Waals surface area (Å²) in [6.45, 7) is 13.3. The second kappa shape index (κ2) is 13.9. The van der Waals surface area contributed by atoms with Gasteiger partial charge in [-0.05, 0) is 51.7 Å². The van der Waals surface area contributed by atoms with Gasteiger partial charge in [-0.1, -0.05) is 24.3 Å². The first-order valence-corrected chi connectivity index (χ1v) is 11.0. The fraction of sp³-hybridized carbons (Fsp3) is 0.652. The van der Waals surface area contributed by atoms with E-state index < -0.39 is 0 Å². The minimum Gasteiger partial charge on any atom is -0.356 e. The van der Waals surface area contributed by atoms with Crippen molar-refractivity contribution in [2.24, 2.45) is 4.99 Å². The number of amides is 1. The number of carbonyl (C=O) groups excluding carboxylic acids is 1. The summed E-state index contributed by atoms with van der Waals surface area (Å²) in [7, 11) is 1.81. The molecule has 7 heteroatoms. The quantitative estimate of drug-likeness (QED) is 0.211. The first kappa shape index (κ1) is 26.7. The van der Waals surface area contributed by atoms with Gasteiger partial charge < -0.3 is 15.5 Å². The van der Waals surface area contributed by atoms with E-state index >= 15 is 0 Å². The fourth-order valence-electron chi connectivity index (χ4n) is 3.84. The number of carbonyl (C=O) groups is 1. The molecule has 0 spiro atoms. The second-order valence-corrected chi connectivity index (χ2v) is 8.37. The molecule has 1 aromatic carbocycles. The molecule has 1 heterocycles. The van der Waals surface area contributed by atoms with E-state index in [1.807, 2.05) is 4.90 Å². The Balaban J connectivity index is 0.00000450. The zero-order valence-electron chi connectivity index (χ0n) is 19.3. The molecule has 0 saturated carbocycles. The van der Waals surface area contributed by atoms with Crippen LogP contribution in [0.15, 0.2) is 29.3 Å². The van der Waals surface area contributed by atoms with E-state index in [4.69, 9.17) is 0 Å². The third-order valence-electron chi connectivity index (χ3n) is 5.46. The number of likely N-dealkylation sites (tertiary alicyclic amines) is 1. The maximum absolute atomic E-state index is 11.8. The standard InChI is InChI=1S/C23H39N5O.HI/c1-18(2)28(19(3)4)15-7-13-25-23(24-5)26-16-20-9-11-21(12-10-20)17-27-14-6-8-22(27)29;/h9-12,18-19H,6-8,13-17H2,1-5H3,(H2,24,25,26);1H. The van der Waals surface area contributed by atoms with Crippen molar-refractivity contribution in [1.29, 1.82) is 0 Å². The Kier molecular flexibility index (Phi) is 12.3. The van der Waals surface area contributed by atoms with Gasteiger partial charge in [0.25, 0.3) is 0 Å². The normalized spacial score (nSPS) is 14.6. The number of guanidine groups is 1. The highest BCUT2D eigenvalue weighted by Crippen LogP contribution is 2.14. The van der Waals surface area contributed by atoms with Gasteiger partial charge in [-0.25, -0.2) is 0 Å². The number of hydrogen-bond acceptors (Lipinski definition) is 3. The first-order chi connectivity index (χ1) is 13.9. The van der Waals surface area contributed by atoms with Crippen molar-refractivity contribution in [3.63, 3.8) is 0 Å². The van der Waals surface area contributed by atoms with Crippen molar-refractivity contribution in [2.75, 3.05) is 26.7 Å². The van der Waals surface area contributed by atoms with Crippen LogP contribution < -0.4 is 10.6 Å². The minimum atomic E-state index is 0. The number of halogens is 1. The molecule has 0 atom stereocenters. The van der Waals surface area contributed by atoms with Gasteiger partial charge in [0.05, 0.1) is 0 Å². The average molecular weight is 530 g/mol. The van der Waals surface area contributed by atoms with Gasteiger partial charge in [-0.2, -0.15) is 0 Å². The topological polar surface area (TPSA) is 60.0 Å². The Labute approximate surface area is 199 Å². The SMILES string of the molecule is CN=C(NCCCN(C(C)C)C(C)C)NCc1ccc(CN2CCCC2=O)cc1.I. The summed E-state index contributed by atoms with van der Waals surface area (Å²) in [4.78, 5) is 20.5. The molecule has 1 amide bonds. The lowest BCUT2D eigenvalue weighted by Crippen LogP contribution is -2.41. The zero-order chi connectivity index (χ0) is 21.2. The molecular formula is C23H40IN5O. The smallest absolute Gasteiger partial charge is 0.222 e. The number of aliphatic imine (C=N–C) groups is 1. The van der Waals surface area contributed by atoms with Crippen LogP contribution in [-0.2, 0) is 17.9 Å². The molecule has 1 saturated heterocycles. The molecule has 0 radical (unpaired) electrons. The molecule has 2 N–H and O–H groups in total. The Hall–Kier alpha value is -1.35. The summed E-state index contributed by atoms with van der Waals surface area (Å²) >= 11 is 0. The van der Waals surface area contributed by atoms with Crippen molar-refractivity contribution in [2.45, 2.75) is 72.1 Å². The molecule has 2 rings (SSSR count). The molecule has 1 aliphatic heterocycles. The van der Waals surface area contributed by atoms with E-state index in [-0.39, 0.29) is 29.9 Å². The summed E-state index contributed by atoms with van der Waals surface area (Å²) in [6, 6.07) is 9.62. The van der Waals surface area contributed by atoms with Crippen LogP contribution in [0, 0.1) is 0 Å². The summed E-state index contributed by atoms with van der Waals surface area (Å²) < 4.78 is 0. The number of benzene rings is 1. The van der Waals surface area contributed by atoms with E-state index in [1.165, 1.54) is 11.1 Å². The van der Waals surface area contributed by atoms with Gasteiger partial charge in [0, 0.05) is 58.3 Å². The second-order valence-electron chi connectivity index (χ2n) is 8.37. The maximum Gasteiger partial charge on any atom is 0.222 e. The molecule has 0 aliphatic carbocycles. The Morgan fingerprint density at radius 1 is 1.10 bits per heavy atom. The molecular weight excluding hydrogens is 489 g/mol. The lowest BCUT2D eigenvalue weighted by Gasteiger charge is -2.30. The molecule has 1 aromatic rings. The van der Waals surface area contributed by atoms with Crippen LogP contribution in [0.3, 0.4) is 0 Å². The maximum atomic E-state index is 11.8. The highest BCUT2D eigenvalue weighted by Gasteiger charge is 2.19. The van der Waals surface area contributed by atoms with E-state index in [1.54, 1.807) is 7.05 Å². The summed E-state index contributed by atoms with van der Waals surface area (Å²) in [5, 5.41) is 6.79. The van der Waals surface area contributed by atoms with Crippen LogP contribution in [0.1, 0.15) is 58.1 Å². The average Bonchev–Trinajstić information content (AvgIpc) is 3.09. The third kappa shape index (κ3) is 8.79. The molecule has 1 fully saturated rings. The number of hydrogen-bond donors (Lipinski definition) is 2. The Morgan fingerprint density at radius 3 is 2.27 bits per heavy atom. The van der Waals surface area contributed by atoms with Crippen LogP contribution in [0.4, 0.5) is 0 Å². The predicted molar refractivity (Wildman–Crippen MR) is 136 cm³/mol. The predicted octanol–water partition coefficient (Wildman–Crippen LogP) is 3.60. The Morgan fingerprint density at radius 2 is 1.73 bits per heavy atom. The molecule has 1 aliphatic rings. The monoisotopic (exact) mass is 529 g/mol. The van der Waals surface area contributed by atoms with Gasteiger partial charge >= 0.3 is 0 Å². The molecule has 0 unspecified atom stereocenters. The highest BCUT2D eigenvalue weighted by molar-refractivity contribution is 14.0. The molecule has 0 aromatic heterocycles. The van der Waals surface area contributed by atoms with Crippen molar-refractivity contribution in [1.82, 2.24) is 20.4 Å². The van der Waals surface area contributed by atoms with E-state index in [0.29, 0.717) is 18.5 Å². The van der Waals surface area contributed by atoms with E-state index in [9.17, 15) is 4.79 Å². The van der Waals surface area contributed by atoms with Crippen molar-refractivity contribution >= 4 is 35.8 Å². The molecule has 0 bridgehead atoms. The lowest BCUT2D eigenvalue weighted by atomic mass is 10.1. The van der Waals surface area contributed by atoms with Crippen molar-refractivity contribution < 1.29 is 4.79 Å². The molecule has 6 nitrogen and oxygen atoms in total. The summed E-state index contributed by atoms with van der Waals surface area (Å²) in [5.74, 6) is 1.10. The van der Waals surface area contributed by atoms with Gasteiger partial charge in [0.15, 0.2) is 5.96 Å². The van der Waals surface area contributed by atoms with Crippen LogP contribution in [0.2, 0.25) is 0 Å². The lowest BCUT2D eigenvalue weighted by molar-refractivity contribution is -0.128. The van der Waals surface area contributed by atoms with Crippen LogP contribution >= 0.6 is 24.0 Å². The zero-order valence-corrected chi connectivity index (χ0v) is 21.6. The van der Waals surface area contributed by atoms with Crippen molar-refractivity contribution in [3.05, 3.63) is 35.4 Å². The molecule has 170 valence electrons. The molecule has 30 heavy (non-hydrogen) atoms. The summed E-state index contributed by atoms with van der Waals surface area (Å²) in [5.41, 5.74) is 2.39.